The van der Waals surface area contributed by atoms with Crippen LogP contribution in [0.2, 0.25) is 0 Å². The highest BCUT2D eigenvalue weighted by Crippen LogP contribution is 2.62. The Morgan fingerprint density at radius 2 is 1.82 bits per heavy atom. The third kappa shape index (κ3) is 3.83. The predicted molar refractivity (Wildman–Crippen MR) is 126 cm³/mol. The first-order valence-corrected chi connectivity index (χ1v) is 11.0. The summed E-state index contributed by atoms with van der Waals surface area (Å²) in [7, 11) is 1.30. The van der Waals surface area contributed by atoms with Crippen molar-refractivity contribution < 1.29 is 29.0 Å². The number of nitro groups is 1. The summed E-state index contributed by atoms with van der Waals surface area (Å²) in [5, 5.41) is 24.2. The molecule has 0 saturated heterocycles. The number of hydrogen-bond donors (Lipinski definition) is 2. The average molecular weight is 473 g/mol. The van der Waals surface area contributed by atoms with Crippen molar-refractivity contribution >= 4 is 11.8 Å². The molecule has 1 aliphatic rings. The van der Waals surface area contributed by atoms with Gasteiger partial charge in [0.15, 0.2) is 11.4 Å². The second kappa shape index (κ2) is 8.47. The van der Waals surface area contributed by atoms with E-state index in [9.17, 15) is 20.0 Å². The van der Waals surface area contributed by atoms with E-state index in [1.54, 1.807) is 13.8 Å². The summed E-state index contributed by atoms with van der Waals surface area (Å²) in [5.41, 5.74) is 0.693. The van der Waals surface area contributed by atoms with Crippen LogP contribution >= 0.6 is 0 Å². The van der Waals surface area contributed by atoms with Crippen molar-refractivity contribution in [2.75, 3.05) is 7.11 Å². The summed E-state index contributed by atoms with van der Waals surface area (Å²) < 4.78 is 17.4. The van der Waals surface area contributed by atoms with E-state index in [1.165, 1.54) is 19.2 Å². The number of aryl methyl sites for hydroxylation is 1. The molecule has 0 aliphatic carbocycles. The summed E-state index contributed by atoms with van der Waals surface area (Å²) in [5.74, 6) is 0.0530. The van der Waals surface area contributed by atoms with Gasteiger partial charge in [0.25, 0.3) is 0 Å². The molecule has 1 heterocycles. The first kappa shape index (κ1) is 25.3. The topological polar surface area (TPSA) is 134 Å². The fourth-order valence-corrected chi connectivity index (χ4v) is 5.14. The van der Waals surface area contributed by atoms with Crippen LogP contribution in [0.1, 0.15) is 52.2 Å². The van der Waals surface area contributed by atoms with Crippen molar-refractivity contribution in [3.63, 3.8) is 0 Å². The normalized spacial score (nSPS) is 23.4. The molecule has 0 bridgehead atoms. The molecule has 1 amide bonds. The minimum Gasteiger partial charge on any atom is -0.490 e. The highest BCUT2D eigenvalue weighted by Gasteiger charge is 2.71. The summed E-state index contributed by atoms with van der Waals surface area (Å²) in [6.45, 7) is 8.76. The zero-order valence-corrected chi connectivity index (χ0v) is 20.4. The second-order valence-electron chi connectivity index (χ2n) is 10.1. The van der Waals surface area contributed by atoms with Crippen LogP contribution < -0.4 is 15.2 Å². The average Bonchev–Trinajstić information content (AvgIpc) is 2.74. The Hall–Kier alpha value is -3.33. The minimum absolute atomic E-state index is 0.0563. The molecule has 1 aliphatic heterocycles. The summed E-state index contributed by atoms with van der Waals surface area (Å²) in [6.07, 6.45) is -0.495. The lowest BCUT2D eigenvalue weighted by Gasteiger charge is -2.61. The molecule has 0 fully saturated rings. The van der Waals surface area contributed by atoms with E-state index in [2.05, 4.69) is 0 Å². The lowest BCUT2D eigenvalue weighted by atomic mass is 9.55. The predicted octanol–water partition coefficient (Wildman–Crippen LogP) is 4.48. The standard InChI is InChI=1S/C25H32N2O7/c1-22(2,3)25(34-21(26)28)17-14-20(32-6)18(27(30)31)15-19(17)33-23(4,5)24(25,29)13-12-16-10-8-7-9-11-16/h7-11,14-15,29H,12-13H2,1-6H3,(H2,26,28). The highest BCUT2D eigenvalue weighted by atomic mass is 16.6. The van der Waals surface area contributed by atoms with Gasteiger partial charge in [-0.05, 0) is 38.3 Å². The van der Waals surface area contributed by atoms with Crippen LogP contribution in [0.5, 0.6) is 11.5 Å². The van der Waals surface area contributed by atoms with E-state index < -0.39 is 33.2 Å². The monoisotopic (exact) mass is 472 g/mol. The van der Waals surface area contributed by atoms with Crippen molar-refractivity contribution in [2.24, 2.45) is 11.1 Å². The van der Waals surface area contributed by atoms with Gasteiger partial charge in [-0.2, -0.15) is 0 Å². The molecule has 0 radical (unpaired) electrons. The molecule has 0 aromatic heterocycles. The first-order valence-electron chi connectivity index (χ1n) is 11.0. The molecule has 34 heavy (non-hydrogen) atoms. The molecule has 3 rings (SSSR count). The van der Waals surface area contributed by atoms with E-state index in [0.717, 1.165) is 5.56 Å². The van der Waals surface area contributed by atoms with Gasteiger partial charge in [0.1, 0.15) is 17.0 Å². The molecule has 2 aromatic rings. The van der Waals surface area contributed by atoms with E-state index >= 15 is 0 Å². The largest absolute Gasteiger partial charge is 0.490 e. The quantitative estimate of drug-likeness (QED) is 0.468. The number of methoxy groups -OCH3 is 1. The second-order valence-corrected chi connectivity index (χ2v) is 10.1. The number of nitrogens with zero attached hydrogens (tertiary/aromatic N) is 1. The Balaban J connectivity index is 2.36. The third-order valence-electron chi connectivity index (χ3n) is 6.73. The molecule has 184 valence electrons. The van der Waals surface area contributed by atoms with E-state index in [-0.39, 0.29) is 29.2 Å². The molecule has 2 atom stereocenters. The Labute approximate surface area is 199 Å². The minimum atomic E-state index is -1.79. The van der Waals surface area contributed by atoms with Crippen LogP contribution in [0.25, 0.3) is 0 Å². The number of benzene rings is 2. The van der Waals surface area contributed by atoms with Crippen molar-refractivity contribution in [1.82, 2.24) is 0 Å². The Morgan fingerprint density at radius 3 is 2.32 bits per heavy atom. The van der Waals surface area contributed by atoms with Crippen molar-refractivity contribution in [3.05, 3.63) is 63.7 Å². The number of amides is 1. The maximum atomic E-state index is 12.5. The number of primary amides is 1. The lowest BCUT2D eigenvalue weighted by Crippen LogP contribution is -2.73. The van der Waals surface area contributed by atoms with Gasteiger partial charge >= 0.3 is 11.8 Å². The number of nitro benzene ring substituents is 1. The van der Waals surface area contributed by atoms with Gasteiger partial charge in [-0.3, -0.25) is 10.1 Å². The molecule has 3 N–H and O–H groups in total. The van der Waals surface area contributed by atoms with Crippen LogP contribution in [0, 0.1) is 15.5 Å². The van der Waals surface area contributed by atoms with Crippen LogP contribution in [-0.2, 0) is 16.8 Å². The number of aliphatic hydroxyl groups is 1. The van der Waals surface area contributed by atoms with E-state index in [4.69, 9.17) is 19.9 Å². The molecule has 2 unspecified atom stereocenters. The lowest BCUT2D eigenvalue weighted by molar-refractivity contribution is -0.386. The maximum Gasteiger partial charge on any atom is 0.405 e. The zero-order chi connectivity index (χ0) is 25.5. The number of hydrogen-bond acceptors (Lipinski definition) is 7. The SMILES string of the molecule is COc1cc2c(cc1[N+](=O)[O-])OC(C)(C)C(O)(CCc1ccccc1)C2(OC(N)=O)C(C)(C)C. The Morgan fingerprint density at radius 1 is 1.21 bits per heavy atom. The Kier molecular flexibility index (Phi) is 6.30. The maximum absolute atomic E-state index is 12.5. The third-order valence-corrected chi connectivity index (χ3v) is 6.73. The van der Waals surface area contributed by atoms with Gasteiger partial charge in [-0.1, -0.05) is 51.1 Å². The molecule has 9 heteroatoms. The van der Waals surface area contributed by atoms with Crippen molar-refractivity contribution in [2.45, 2.75) is 64.3 Å². The van der Waals surface area contributed by atoms with Gasteiger partial charge in [-0.15, -0.1) is 0 Å². The zero-order valence-electron chi connectivity index (χ0n) is 20.4. The van der Waals surface area contributed by atoms with Gasteiger partial charge < -0.3 is 25.1 Å². The highest BCUT2D eigenvalue weighted by molar-refractivity contribution is 5.68. The number of carbonyl (C=O) groups is 1. The van der Waals surface area contributed by atoms with Crippen LogP contribution in [0.15, 0.2) is 42.5 Å². The summed E-state index contributed by atoms with van der Waals surface area (Å²) in [6, 6.07) is 12.2. The van der Waals surface area contributed by atoms with E-state index in [0.29, 0.717) is 6.42 Å². The molecule has 0 saturated carbocycles. The first-order chi connectivity index (χ1) is 15.7. The van der Waals surface area contributed by atoms with Crippen molar-refractivity contribution in [1.29, 1.82) is 0 Å². The summed E-state index contributed by atoms with van der Waals surface area (Å²) >= 11 is 0. The number of carbonyl (C=O) groups excluding carboxylic acids is 1. The molecule has 2 aromatic carbocycles. The Bertz CT molecular complexity index is 1090. The number of fused-ring (bicyclic) bond motifs is 1. The fourth-order valence-electron chi connectivity index (χ4n) is 5.14. The fraction of sp³-hybridized carbons (Fsp3) is 0.480. The number of ether oxygens (including phenoxy) is 3. The summed E-state index contributed by atoms with van der Waals surface area (Å²) in [4.78, 5) is 23.4. The van der Waals surface area contributed by atoms with Crippen LogP contribution in [0.3, 0.4) is 0 Å². The van der Waals surface area contributed by atoms with Gasteiger partial charge in [0.2, 0.25) is 0 Å². The van der Waals surface area contributed by atoms with Gasteiger partial charge in [0.05, 0.1) is 18.1 Å². The molecule has 9 nitrogen and oxygen atoms in total. The molecular formula is C25H32N2O7. The molecule has 0 spiro atoms. The van der Waals surface area contributed by atoms with Gasteiger partial charge in [0, 0.05) is 11.0 Å². The number of nitrogens with two attached hydrogens (primary N) is 1. The number of rotatable bonds is 6. The van der Waals surface area contributed by atoms with Crippen LogP contribution in [0.4, 0.5) is 10.5 Å². The van der Waals surface area contributed by atoms with Crippen LogP contribution in [-0.4, -0.2) is 34.4 Å². The van der Waals surface area contributed by atoms with E-state index in [1.807, 2.05) is 51.1 Å². The van der Waals surface area contributed by atoms with Gasteiger partial charge in [-0.25, -0.2) is 4.79 Å². The smallest absolute Gasteiger partial charge is 0.405 e. The van der Waals surface area contributed by atoms with Crippen molar-refractivity contribution in [3.8, 4) is 11.5 Å². The molecular weight excluding hydrogens is 440 g/mol.